The summed E-state index contributed by atoms with van der Waals surface area (Å²) in [6, 6.07) is 7.28. The molecule has 0 aromatic heterocycles. The highest BCUT2D eigenvalue weighted by Crippen LogP contribution is 2.34. The summed E-state index contributed by atoms with van der Waals surface area (Å²) in [5, 5.41) is 3.20. The Morgan fingerprint density at radius 3 is 2.45 bits per heavy atom. The first-order valence-corrected chi connectivity index (χ1v) is 10.9. The topological polar surface area (TPSA) is 92.8 Å². The van der Waals surface area contributed by atoms with Crippen LogP contribution in [0.2, 0.25) is 10.0 Å². The van der Waals surface area contributed by atoms with Gasteiger partial charge in [0.15, 0.2) is 0 Å². The first kappa shape index (κ1) is 21.4. The molecule has 1 fully saturated rings. The molecule has 1 saturated heterocycles. The van der Waals surface area contributed by atoms with Crippen molar-refractivity contribution in [3.8, 4) is 5.75 Å². The number of carbonyl (C=O) groups is 2. The normalized spacial score (nSPS) is 18.0. The van der Waals surface area contributed by atoms with Gasteiger partial charge in [0.25, 0.3) is 5.91 Å². The lowest BCUT2D eigenvalue weighted by atomic mass is 10.1. The van der Waals surface area contributed by atoms with E-state index in [1.807, 2.05) is 0 Å². The molecule has 29 heavy (non-hydrogen) atoms. The van der Waals surface area contributed by atoms with Crippen molar-refractivity contribution in [3.05, 3.63) is 51.5 Å². The number of hydrogen-bond donors (Lipinski definition) is 1. The molecule has 1 unspecified atom stereocenters. The molecule has 0 spiro atoms. The predicted octanol–water partition coefficient (Wildman–Crippen LogP) is 3.88. The zero-order valence-corrected chi connectivity index (χ0v) is 18.2. The number of nitrogens with one attached hydrogen (secondary N) is 1. The molecule has 0 radical (unpaired) electrons. The molecule has 1 aliphatic heterocycles. The van der Waals surface area contributed by atoms with E-state index in [9.17, 15) is 18.0 Å². The molecule has 1 aliphatic rings. The zero-order chi connectivity index (χ0) is 21.5. The molecule has 1 N–H and O–H groups in total. The summed E-state index contributed by atoms with van der Waals surface area (Å²) in [6.07, 6.45) is 0. The number of halogens is 2. The number of hydrogen-bond acceptors (Lipinski definition) is 5. The van der Waals surface area contributed by atoms with Crippen molar-refractivity contribution in [1.82, 2.24) is 0 Å². The maximum Gasteiger partial charge on any atom is 0.257 e. The fraction of sp³-hybridized carbons (Fsp3) is 0.263. The Morgan fingerprint density at radius 2 is 1.90 bits per heavy atom. The molecule has 154 valence electrons. The lowest BCUT2D eigenvalue weighted by Crippen LogP contribution is -2.30. The largest absolute Gasteiger partial charge is 0.495 e. The summed E-state index contributed by atoms with van der Waals surface area (Å²) >= 11 is 12.3. The summed E-state index contributed by atoms with van der Waals surface area (Å²) in [4.78, 5) is 24.9. The van der Waals surface area contributed by atoms with Crippen LogP contribution in [0.4, 0.5) is 11.4 Å². The van der Waals surface area contributed by atoms with Gasteiger partial charge in [-0.15, -0.1) is 0 Å². The summed E-state index contributed by atoms with van der Waals surface area (Å²) in [5.41, 5.74) is 1.37. The summed E-state index contributed by atoms with van der Waals surface area (Å²) in [5.74, 6) is -1.57. The molecule has 0 saturated carbocycles. The quantitative estimate of drug-likeness (QED) is 0.753. The number of benzene rings is 2. The SMILES string of the molecule is COc1cc(Cl)c(C)cc1NC(=O)c1ccc(N2C(=O)C(C)CS2(=O)=O)cc1Cl. The van der Waals surface area contributed by atoms with Crippen LogP contribution in [0, 0.1) is 12.8 Å². The van der Waals surface area contributed by atoms with E-state index in [-0.39, 0.29) is 22.0 Å². The van der Waals surface area contributed by atoms with Crippen molar-refractivity contribution in [1.29, 1.82) is 0 Å². The van der Waals surface area contributed by atoms with E-state index in [0.29, 0.717) is 16.5 Å². The van der Waals surface area contributed by atoms with Gasteiger partial charge in [-0.2, -0.15) is 0 Å². The van der Waals surface area contributed by atoms with Gasteiger partial charge in [0.05, 0.1) is 40.7 Å². The molecule has 0 aliphatic carbocycles. The number of aryl methyl sites for hydroxylation is 1. The van der Waals surface area contributed by atoms with E-state index in [1.54, 1.807) is 26.0 Å². The molecule has 1 atom stereocenters. The van der Waals surface area contributed by atoms with Gasteiger partial charge in [-0.1, -0.05) is 30.1 Å². The van der Waals surface area contributed by atoms with Crippen molar-refractivity contribution in [3.63, 3.8) is 0 Å². The second-order valence-electron chi connectivity index (χ2n) is 6.70. The minimum Gasteiger partial charge on any atom is -0.495 e. The maximum absolute atomic E-state index is 12.7. The highest BCUT2D eigenvalue weighted by atomic mass is 35.5. The summed E-state index contributed by atoms with van der Waals surface area (Å²) in [7, 11) is -2.31. The van der Waals surface area contributed by atoms with Crippen molar-refractivity contribution < 1.29 is 22.7 Å². The molecule has 2 aromatic carbocycles. The lowest BCUT2D eigenvalue weighted by Gasteiger charge is -2.17. The van der Waals surface area contributed by atoms with Gasteiger partial charge in [-0.25, -0.2) is 12.7 Å². The molecule has 0 bridgehead atoms. The third-order valence-corrected chi connectivity index (χ3v) is 7.11. The average Bonchev–Trinajstić information content (AvgIpc) is 2.84. The number of methoxy groups -OCH3 is 1. The van der Waals surface area contributed by atoms with Crippen LogP contribution in [0.3, 0.4) is 0 Å². The number of ether oxygens (including phenoxy) is 1. The smallest absolute Gasteiger partial charge is 0.257 e. The number of rotatable bonds is 4. The fourth-order valence-corrected chi connectivity index (χ4v) is 5.25. The van der Waals surface area contributed by atoms with Gasteiger partial charge in [-0.3, -0.25) is 9.59 Å². The molecule has 2 amide bonds. The molecule has 7 nitrogen and oxygen atoms in total. The Labute approximate surface area is 178 Å². The third kappa shape index (κ3) is 4.05. The van der Waals surface area contributed by atoms with Crippen molar-refractivity contribution >= 4 is 56.4 Å². The Balaban J connectivity index is 1.91. The van der Waals surface area contributed by atoms with Crippen LogP contribution in [0.25, 0.3) is 0 Å². The number of sulfonamides is 1. The minimum atomic E-state index is -3.76. The summed E-state index contributed by atoms with van der Waals surface area (Å²) < 4.78 is 30.5. The van der Waals surface area contributed by atoms with Crippen LogP contribution in [0.5, 0.6) is 5.75 Å². The van der Waals surface area contributed by atoms with Crippen molar-refractivity contribution in [2.45, 2.75) is 13.8 Å². The second kappa shape index (κ2) is 7.85. The van der Waals surface area contributed by atoms with Gasteiger partial charge >= 0.3 is 0 Å². The Bertz CT molecular complexity index is 1120. The van der Waals surface area contributed by atoms with Gasteiger partial charge in [0.2, 0.25) is 15.9 Å². The van der Waals surface area contributed by atoms with Crippen LogP contribution in [-0.4, -0.2) is 33.1 Å². The molecule has 10 heteroatoms. The van der Waals surface area contributed by atoms with Gasteiger partial charge in [0, 0.05) is 11.1 Å². The van der Waals surface area contributed by atoms with Gasteiger partial charge in [0.1, 0.15) is 5.75 Å². The Morgan fingerprint density at radius 1 is 1.21 bits per heavy atom. The predicted molar refractivity (Wildman–Crippen MR) is 113 cm³/mol. The van der Waals surface area contributed by atoms with E-state index in [1.165, 1.54) is 25.3 Å². The Kier molecular flexibility index (Phi) is 5.80. The van der Waals surface area contributed by atoms with E-state index < -0.39 is 27.8 Å². The van der Waals surface area contributed by atoms with E-state index in [0.717, 1.165) is 9.87 Å². The van der Waals surface area contributed by atoms with Crippen LogP contribution in [0.15, 0.2) is 30.3 Å². The average molecular weight is 457 g/mol. The molecule has 3 rings (SSSR count). The van der Waals surface area contributed by atoms with Crippen molar-refractivity contribution in [2.75, 3.05) is 22.5 Å². The standard InChI is InChI=1S/C19H18Cl2N2O5S/c1-10-6-16(17(28-3)8-14(10)20)22-18(24)13-5-4-12(7-15(13)21)23-19(25)11(2)9-29(23,26)27/h4-8,11H,9H2,1-3H3,(H,22,24). The third-order valence-electron chi connectivity index (χ3n) is 4.52. The van der Waals surface area contributed by atoms with Crippen LogP contribution in [0.1, 0.15) is 22.8 Å². The van der Waals surface area contributed by atoms with E-state index in [4.69, 9.17) is 27.9 Å². The number of amides is 2. The highest BCUT2D eigenvalue weighted by molar-refractivity contribution is 7.94. The second-order valence-corrected chi connectivity index (χ2v) is 9.38. The minimum absolute atomic E-state index is 0.00667. The number of anilines is 2. The first-order chi connectivity index (χ1) is 13.5. The molecule has 2 aromatic rings. The van der Waals surface area contributed by atoms with Crippen LogP contribution < -0.4 is 14.4 Å². The maximum atomic E-state index is 12.7. The van der Waals surface area contributed by atoms with Gasteiger partial charge in [-0.05, 0) is 36.8 Å². The molecule has 1 heterocycles. The number of carbonyl (C=O) groups excluding carboxylic acids is 2. The highest BCUT2D eigenvalue weighted by Gasteiger charge is 2.42. The Hall–Kier alpha value is -2.29. The van der Waals surface area contributed by atoms with Gasteiger partial charge < -0.3 is 10.1 Å². The van der Waals surface area contributed by atoms with E-state index in [2.05, 4.69) is 5.32 Å². The lowest BCUT2D eigenvalue weighted by molar-refractivity contribution is -0.119. The monoisotopic (exact) mass is 456 g/mol. The number of nitrogens with zero attached hydrogens (tertiary/aromatic N) is 1. The molecular formula is C19H18Cl2N2O5S. The van der Waals surface area contributed by atoms with E-state index >= 15 is 0 Å². The summed E-state index contributed by atoms with van der Waals surface area (Å²) in [6.45, 7) is 3.33. The zero-order valence-electron chi connectivity index (χ0n) is 15.8. The van der Waals surface area contributed by atoms with Crippen molar-refractivity contribution in [2.24, 2.45) is 5.92 Å². The molecular weight excluding hydrogens is 439 g/mol. The first-order valence-electron chi connectivity index (χ1n) is 8.57. The van der Waals surface area contributed by atoms with Crippen LogP contribution >= 0.6 is 23.2 Å². The van der Waals surface area contributed by atoms with Crippen LogP contribution in [-0.2, 0) is 14.8 Å². The fourth-order valence-electron chi connectivity index (χ4n) is 3.02.